The maximum Gasteiger partial charge on any atom is 0.337 e. The van der Waals surface area contributed by atoms with Gasteiger partial charge in [-0.25, -0.2) is 9.59 Å². The number of hydrogen-bond donors (Lipinski definition) is 1. The van der Waals surface area contributed by atoms with Crippen LogP contribution < -0.4 is 5.32 Å². The molecule has 1 aliphatic heterocycles. The van der Waals surface area contributed by atoms with Crippen LogP contribution in [0.3, 0.4) is 0 Å². The molecular formula is C25H28N2O6. The quantitative estimate of drug-likeness (QED) is 0.191. The molecule has 0 spiro atoms. The average Bonchev–Trinajstić information content (AvgIpc) is 2.78. The molecule has 1 aromatic carbocycles. The molecule has 0 saturated heterocycles. The molecule has 2 rings (SSSR count). The highest BCUT2D eigenvalue weighted by atomic mass is 16.6. The Morgan fingerprint density at radius 1 is 1.00 bits per heavy atom. The lowest BCUT2D eigenvalue weighted by molar-refractivity contribution is -0.384. The highest BCUT2D eigenvalue weighted by Gasteiger charge is 2.38. The zero-order valence-electron chi connectivity index (χ0n) is 19.2. The number of hydrogen-bond acceptors (Lipinski definition) is 7. The Hall–Kier alpha value is -3.94. The van der Waals surface area contributed by atoms with E-state index >= 15 is 0 Å². The number of dihydropyridines is 1. The van der Waals surface area contributed by atoms with Crippen LogP contribution in [0.15, 0.2) is 83.3 Å². The molecule has 1 unspecified atom stereocenters. The molecule has 0 fully saturated rings. The zero-order chi connectivity index (χ0) is 24.4. The van der Waals surface area contributed by atoms with E-state index in [9.17, 15) is 19.7 Å². The Morgan fingerprint density at radius 2 is 1.61 bits per heavy atom. The van der Waals surface area contributed by atoms with Gasteiger partial charge in [0.05, 0.1) is 22.0 Å². The molecule has 1 aromatic rings. The van der Waals surface area contributed by atoms with Crippen molar-refractivity contribution in [3.63, 3.8) is 0 Å². The van der Waals surface area contributed by atoms with Crippen molar-refractivity contribution >= 4 is 17.6 Å². The number of rotatable bonds is 9. The van der Waals surface area contributed by atoms with E-state index in [0.717, 1.165) is 0 Å². The first-order valence-electron chi connectivity index (χ1n) is 10.5. The first kappa shape index (κ1) is 25.3. The predicted molar refractivity (Wildman–Crippen MR) is 125 cm³/mol. The van der Waals surface area contributed by atoms with Crippen LogP contribution in [-0.4, -0.2) is 30.1 Å². The minimum atomic E-state index is -0.892. The third-order valence-corrected chi connectivity index (χ3v) is 4.91. The van der Waals surface area contributed by atoms with E-state index < -0.39 is 22.8 Å². The monoisotopic (exact) mass is 452 g/mol. The van der Waals surface area contributed by atoms with Crippen LogP contribution in [0, 0.1) is 10.1 Å². The fraction of sp³-hybridized carbons (Fsp3) is 0.280. The number of nitrogens with zero attached hydrogens (tertiary/aromatic N) is 1. The molecule has 1 heterocycles. The second-order valence-corrected chi connectivity index (χ2v) is 7.21. The van der Waals surface area contributed by atoms with Gasteiger partial charge in [-0.15, -0.1) is 0 Å². The van der Waals surface area contributed by atoms with E-state index in [1.165, 1.54) is 18.2 Å². The van der Waals surface area contributed by atoms with E-state index in [0.29, 0.717) is 17.0 Å². The lowest BCUT2D eigenvalue weighted by Gasteiger charge is -2.30. The highest BCUT2D eigenvalue weighted by molar-refractivity contribution is 6.00. The molecule has 174 valence electrons. The molecule has 8 nitrogen and oxygen atoms in total. The molecule has 0 aliphatic carbocycles. The fourth-order valence-electron chi connectivity index (χ4n) is 3.43. The van der Waals surface area contributed by atoms with Crippen LogP contribution >= 0.6 is 0 Å². The first-order valence-corrected chi connectivity index (χ1v) is 10.5. The Labute approximate surface area is 193 Å². The van der Waals surface area contributed by atoms with Crippen molar-refractivity contribution in [1.82, 2.24) is 5.32 Å². The smallest absolute Gasteiger partial charge is 0.337 e. The number of nitro benzene ring substituents is 1. The van der Waals surface area contributed by atoms with Crippen LogP contribution in [0.2, 0.25) is 0 Å². The summed E-state index contributed by atoms with van der Waals surface area (Å²) in [6.45, 7) is 7.16. The Balaban J connectivity index is 2.53. The number of nitrogens with one attached hydrogen (secondary N) is 1. The van der Waals surface area contributed by atoms with Crippen molar-refractivity contribution in [3.8, 4) is 0 Å². The number of benzene rings is 1. The van der Waals surface area contributed by atoms with Crippen molar-refractivity contribution in [3.05, 3.63) is 98.9 Å². The van der Waals surface area contributed by atoms with E-state index in [4.69, 9.17) is 9.47 Å². The summed E-state index contributed by atoms with van der Waals surface area (Å²) in [6.07, 6.45) is 10.5. The number of carbonyl (C=O) groups is 2. The summed E-state index contributed by atoms with van der Waals surface area (Å²) < 4.78 is 10.8. The standard InChI is InChI=1S/C25H28N2O6/c1-5-7-9-10-15-33-25(29)22-18(4)26-17(3)21(24(28)32-14-8-6-2)23(22)19-12-11-13-20(16-19)27(30)31/h5-13,16,23,26H,14-15H2,1-4H3. The van der Waals surface area contributed by atoms with Crippen LogP contribution in [-0.2, 0) is 19.1 Å². The number of allylic oxidation sites excluding steroid dienone is 6. The summed E-state index contributed by atoms with van der Waals surface area (Å²) in [5.41, 5.74) is 1.65. The molecule has 0 amide bonds. The maximum absolute atomic E-state index is 13.1. The zero-order valence-corrected chi connectivity index (χ0v) is 19.2. The normalized spacial score (nSPS) is 16.5. The van der Waals surface area contributed by atoms with Crippen LogP contribution in [0.25, 0.3) is 0 Å². The molecular weight excluding hydrogens is 424 g/mol. The Morgan fingerprint density at radius 3 is 2.15 bits per heavy atom. The molecule has 1 N–H and O–H groups in total. The van der Waals surface area contributed by atoms with Gasteiger partial charge in [-0.1, -0.05) is 42.5 Å². The summed E-state index contributed by atoms with van der Waals surface area (Å²) >= 11 is 0. The fourth-order valence-corrected chi connectivity index (χ4v) is 3.43. The summed E-state index contributed by atoms with van der Waals surface area (Å²) in [4.78, 5) is 36.9. The number of non-ortho nitro benzene ring substituents is 1. The second kappa shape index (κ2) is 12.2. The minimum absolute atomic E-state index is 0.0331. The van der Waals surface area contributed by atoms with E-state index in [1.807, 2.05) is 13.0 Å². The number of carbonyl (C=O) groups excluding carboxylic acids is 2. The second-order valence-electron chi connectivity index (χ2n) is 7.21. The molecule has 0 radical (unpaired) electrons. The minimum Gasteiger partial charge on any atom is -0.458 e. The van der Waals surface area contributed by atoms with Gasteiger partial charge >= 0.3 is 11.9 Å². The number of esters is 2. The van der Waals surface area contributed by atoms with Crippen LogP contribution in [0.5, 0.6) is 0 Å². The van der Waals surface area contributed by atoms with Gasteiger partial charge in [-0.05, 0) is 39.3 Å². The van der Waals surface area contributed by atoms with Crippen molar-refractivity contribution < 1.29 is 24.0 Å². The summed E-state index contributed by atoms with van der Waals surface area (Å²) in [5, 5.41) is 14.4. The average molecular weight is 453 g/mol. The SMILES string of the molecule is CC=CC=CCOC(=O)C1=C(C)NC(C)=C(C(=O)OCC=CC)C1c1cccc([N+](=O)[O-])c1. The molecule has 0 bridgehead atoms. The maximum atomic E-state index is 13.1. The molecule has 1 aliphatic rings. The van der Waals surface area contributed by atoms with Crippen LogP contribution in [0.1, 0.15) is 39.2 Å². The molecule has 8 heteroatoms. The summed E-state index contributed by atoms with van der Waals surface area (Å²) in [7, 11) is 0. The Bertz CT molecular complexity index is 1060. The van der Waals surface area contributed by atoms with Gasteiger partial charge in [0.2, 0.25) is 0 Å². The predicted octanol–water partition coefficient (Wildman–Crippen LogP) is 4.62. The third kappa shape index (κ3) is 6.52. The van der Waals surface area contributed by atoms with E-state index in [-0.39, 0.29) is 30.0 Å². The molecule has 1 atom stereocenters. The van der Waals surface area contributed by atoms with Crippen LogP contribution in [0.4, 0.5) is 5.69 Å². The number of nitro groups is 1. The van der Waals surface area contributed by atoms with Crippen molar-refractivity contribution in [1.29, 1.82) is 0 Å². The molecule has 33 heavy (non-hydrogen) atoms. The van der Waals surface area contributed by atoms with Gasteiger partial charge in [-0.2, -0.15) is 0 Å². The lowest BCUT2D eigenvalue weighted by atomic mass is 9.80. The van der Waals surface area contributed by atoms with Crippen molar-refractivity contribution in [2.75, 3.05) is 13.2 Å². The molecule has 0 aromatic heterocycles. The largest absolute Gasteiger partial charge is 0.458 e. The first-order chi connectivity index (χ1) is 15.8. The number of ether oxygens (including phenoxy) is 2. The third-order valence-electron chi connectivity index (χ3n) is 4.91. The van der Waals surface area contributed by atoms with Gasteiger partial charge < -0.3 is 14.8 Å². The molecule has 0 saturated carbocycles. The summed E-state index contributed by atoms with van der Waals surface area (Å²) in [5.74, 6) is -2.15. The van der Waals surface area contributed by atoms with Gasteiger partial charge in [0, 0.05) is 23.5 Å². The Kier molecular flexibility index (Phi) is 9.35. The van der Waals surface area contributed by atoms with Gasteiger partial charge in [0.15, 0.2) is 0 Å². The van der Waals surface area contributed by atoms with Crippen molar-refractivity contribution in [2.45, 2.75) is 33.6 Å². The highest BCUT2D eigenvalue weighted by Crippen LogP contribution is 2.40. The van der Waals surface area contributed by atoms with Gasteiger partial charge in [-0.3, -0.25) is 10.1 Å². The van der Waals surface area contributed by atoms with Crippen molar-refractivity contribution in [2.24, 2.45) is 0 Å². The van der Waals surface area contributed by atoms with E-state index in [1.54, 1.807) is 57.2 Å². The van der Waals surface area contributed by atoms with E-state index in [2.05, 4.69) is 5.32 Å². The topological polar surface area (TPSA) is 108 Å². The van der Waals surface area contributed by atoms with Gasteiger partial charge in [0.25, 0.3) is 5.69 Å². The van der Waals surface area contributed by atoms with Gasteiger partial charge in [0.1, 0.15) is 13.2 Å². The summed E-state index contributed by atoms with van der Waals surface area (Å²) in [6, 6.07) is 5.87. The lowest BCUT2D eigenvalue weighted by Crippen LogP contribution is -2.32.